The van der Waals surface area contributed by atoms with Gasteiger partial charge in [-0.3, -0.25) is 4.98 Å². The standard InChI is InChI=1S/C18H14N2O/c1-13-4-7-19-11-18(13)20-8-5-15-10-14(2-3-17(15)20)16-6-9-21-12-16/h2-12H,1H3. The summed E-state index contributed by atoms with van der Waals surface area (Å²) in [7, 11) is 0. The first-order valence-corrected chi connectivity index (χ1v) is 6.87. The van der Waals surface area contributed by atoms with E-state index in [2.05, 4.69) is 46.9 Å². The second-order valence-electron chi connectivity index (χ2n) is 5.13. The van der Waals surface area contributed by atoms with Crippen LogP contribution in [0.2, 0.25) is 0 Å². The number of hydrogen-bond acceptors (Lipinski definition) is 2. The number of fused-ring (bicyclic) bond motifs is 1. The number of pyridine rings is 1. The molecule has 0 radical (unpaired) electrons. The molecule has 0 N–H and O–H groups in total. The number of benzene rings is 1. The third-order valence-electron chi connectivity index (χ3n) is 3.82. The smallest absolute Gasteiger partial charge is 0.0980 e. The Morgan fingerprint density at radius 3 is 2.81 bits per heavy atom. The minimum atomic E-state index is 1.10. The highest BCUT2D eigenvalue weighted by atomic mass is 16.3. The van der Waals surface area contributed by atoms with Gasteiger partial charge in [0.25, 0.3) is 0 Å². The summed E-state index contributed by atoms with van der Waals surface area (Å²) < 4.78 is 7.34. The van der Waals surface area contributed by atoms with Crippen LogP contribution in [0.5, 0.6) is 0 Å². The monoisotopic (exact) mass is 274 g/mol. The molecule has 0 aliphatic heterocycles. The topological polar surface area (TPSA) is 31.0 Å². The Bertz CT molecular complexity index is 904. The summed E-state index contributed by atoms with van der Waals surface area (Å²) in [5, 5.41) is 1.21. The zero-order valence-corrected chi connectivity index (χ0v) is 11.7. The van der Waals surface area contributed by atoms with Crippen molar-refractivity contribution >= 4 is 10.9 Å². The minimum Gasteiger partial charge on any atom is -0.472 e. The molecular formula is C18H14N2O. The van der Waals surface area contributed by atoms with Gasteiger partial charge < -0.3 is 8.98 Å². The molecule has 3 nitrogen and oxygen atoms in total. The highest BCUT2D eigenvalue weighted by Gasteiger charge is 2.07. The second kappa shape index (κ2) is 4.63. The number of nitrogens with zero attached hydrogens (tertiary/aromatic N) is 2. The maximum Gasteiger partial charge on any atom is 0.0980 e. The first-order valence-electron chi connectivity index (χ1n) is 6.87. The van der Waals surface area contributed by atoms with Crippen molar-refractivity contribution in [2.75, 3.05) is 0 Å². The van der Waals surface area contributed by atoms with Crippen LogP contribution < -0.4 is 0 Å². The molecule has 4 aromatic rings. The average Bonchev–Trinajstić information content (AvgIpc) is 3.17. The average molecular weight is 274 g/mol. The van der Waals surface area contributed by atoms with E-state index in [1.807, 2.05) is 24.5 Å². The summed E-state index contributed by atoms with van der Waals surface area (Å²) in [6.45, 7) is 2.10. The van der Waals surface area contributed by atoms with Crippen LogP contribution in [0.25, 0.3) is 27.7 Å². The van der Waals surface area contributed by atoms with Gasteiger partial charge in [-0.2, -0.15) is 0 Å². The van der Waals surface area contributed by atoms with Crippen molar-refractivity contribution in [3.63, 3.8) is 0 Å². The van der Waals surface area contributed by atoms with Gasteiger partial charge in [0.05, 0.1) is 29.9 Å². The maximum atomic E-state index is 5.16. The number of aromatic nitrogens is 2. The van der Waals surface area contributed by atoms with Gasteiger partial charge in [-0.25, -0.2) is 0 Å². The van der Waals surface area contributed by atoms with E-state index in [1.54, 1.807) is 12.5 Å². The van der Waals surface area contributed by atoms with Gasteiger partial charge in [0.15, 0.2) is 0 Å². The van der Waals surface area contributed by atoms with Crippen LogP contribution in [-0.4, -0.2) is 9.55 Å². The van der Waals surface area contributed by atoms with Gasteiger partial charge in [-0.15, -0.1) is 0 Å². The summed E-state index contributed by atoms with van der Waals surface area (Å²) in [6.07, 6.45) is 9.28. The maximum absolute atomic E-state index is 5.16. The first kappa shape index (κ1) is 12.0. The Kier molecular flexibility index (Phi) is 2.64. The van der Waals surface area contributed by atoms with Gasteiger partial charge in [-0.05, 0) is 48.4 Å². The number of rotatable bonds is 2. The fourth-order valence-electron chi connectivity index (χ4n) is 2.67. The molecule has 3 heterocycles. The van der Waals surface area contributed by atoms with E-state index >= 15 is 0 Å². The van der Waals surface area contributed by atoms with Gasteiger partial charge in [0.1, 0.15) is 0 Å². The molecule has 0 fully saturated rings. The van der Waals surface area contributed by atoms with Gasteiger partial charge >= 0.3 is 0 Å². The van der Waals surface area contributed by atoms with Crippen molar-refractivity contribution in [3.8, 4) is 16.8 Å². The molecule has 0 aliphatic rings. The number of aryl methyl sites for hydroxylation is 1. The molecule has 3 aromatic heterocycles. The van der Waals surface area contributed by atoms with Crippen molar-refractivity contribution in [2.24, 2.45) is 0 Å². The van der Waals surface area contributed by atoms with Crippen molar-refractivity contribution in [1.82, 2.24) is 9.55 Å². The summed E-state index contributed by atoms with van der Waals surface area (Å²) in [6, 6.07) is 12.6. The van der Waals surface area contributed by atoms with Crippen molar-refractivity contribution < 1.29 is 4.42 Å². The van der Waals surface area contributed by atoms with Crippen LogP contribution in [0.4, 0.5) is 0 Å². The molecule has 0 spiro atoms. The Morgan fingerprint density at radius 1 is 1.05 bits per heavy atom. The quantitative estimate of drug-likeness (QED) is 0.535. The van der Waals surface area contributed by atoms with Gasteiger partial charge in [-0.1, -0.05) is 6.07 Å². The third kappa shape index (κ3) is 1.94. The summed E-state index contributed by atoms with van der Waals surface area (Å²) in [5.41, 5.74) is 5.77. The first-order chi connectivity index (χ1) is 10.3. The predicted molar refractivity (Wildman–Crippen MR) is 83.5 cm³/mol. The lowest BCUT2D eigenvalue weighted by atomic mass is 10.1. The number of hydrogen-bond donors (Lipinski definition) is 0. The third-order valence-corrected chi connectivity index (χ3v) is 3.82. The van der Waals surface area contributed by atoms with E-state index in [-0.39, 0.29) is 0 Å². The largest absolute Gasteiger partial charge is 0.472 e. The Hall–Kier alpha value is -2.81. The Labute approximate surface area is 122 Å². The second-order valence-corrected chi connectivity index (χ2v) is 5.13. The summed E-state index contributed by atoms with van der Waals surface area (Å²) in [4.78, 5) is 4.23. The Balaban J connectivity index is 1.89. The molecular weight excluding hydrogens is 260 g/mol. The molecule has 0 amide bonds. The zero-order valence-electron chi connectivity index (χ0n) is 11.7. The minimum absolute atomic E-state index is 1.10. The van der Waals surface area contributed by atoms with Crippen LogP contribution in [-0.2, 0) is 0 Å². The summed E-state index contributed by atoms with van der Waals surface area (Å²) in [5.74, 6) is 0. The van der Waals surface area contributed by atoms with Crippen molar-refractivity contribution in [3.05, 3.63) is 73.1 Å². The molecule has 0 unspecified atom stereocenters. The van der Waals surface area contributed by atoms with E-state index in [1.165, 1.54) is 16.5 Å². The van der Waals surface area contributed by atoms with Crippen LogP contribution in [0.1, 0.15) is 5.56 Å². The normalized spacial score (nSPS) is 11.1. The molecule has 0 atom stereocenters. The molecule has 3 heteroatoms. The van der Waals surface area contributed by atoms with E-state index in [4.69, 9.17) is 4.42 Å². The van der Waals surface area contributed by atoms with Gasteiger partial charge in [0, 0.05) is 23.3 Å². The highest BCUT2D eigenvalue weighted by Crippen LogP contribution is 2.27. The van der Waals surface area contributed by atoms with E-state index in [9.17, 15) is 0 Å². The SMILES string of the molecule is Cc1ccncc1-n1ccc2cc(-c3ccoc3)ccc21. The van der Waals surface area contributed by atoms with Crippen molar-refractivity contribution in [2.45, 2.75) is 6.92 Å². The lowest BCUT2D eigenvalue weighted by molar-refractivity contribution is 0.568. The van der Waals surface area contributed by atoms with Crippen LogP contribution in [0.15, 0.2) is 71.9 Å². The molecule has 1 aromatic carbocycles. The molecule has 102 valence electrons. The fraction of sp³-hybridized carbons (Fsp3) is 0.0556. The van der Waals surface area contributed by atoms with Crippen LogP contribution in [0, 0.1) is 6.92 Å². The lowest BCUT2D eigenvalue weighted by Gasteiger charge is -2.08. The van der Waals surface area contributed by atoms with E-state index in [0.717, 1.165) is 16.8 Å². The Morgan fingerprint density at radius 2 is 2.00 bits per heavy atom. The van der Waals surface area contributed by atoms with E-state index < -0.39 is 0 Å². The zero-order chi connectivity index (χ0) is 14.2. The molecule has 4 rings (SSSR count). The molecule has 0 saturated heterocycles. The van der Waals surface area contributed by atoms with Crippen molar-refractivity contribution in [1.29, 1.82) is 0 Å². The van der Waals surface area contributed by atoms with Gasteiger partial charge in [0.2, 0.25) is 0 Å². The summed E-state index contributed by atoms with van der Waals surface area (Å²) >= 11 is 0. The highest BCUT2D eigenvalue weighted by molar-refractivity contribution is 5.87. The molecule has 0 bridgehead atoms. The lowest BCUT2D eigenvalue weighted by Crippen LogP contribution is -1.95. The molecule has 21 heavy (non-hydrogen) atoms. The molecule has 0 saturated carbocycles. The van der Waals surface area contributed by atoms with E-state index in [0.29, 0.717) is 0 Å². The molecule has 0 aliphatic carbocycles. The predicted octanol–water partition coefficient (Wildman–Crippen LogP) is 4.59. The van der Waals surface area contributed by atoms with Crippen LogP contribution >= 0.6 is 0 Å². The number of furan rings is 1. The van der Waals surface area contributed by atoms with Crippen LogP contribution in [0.3, 0.4) is 0 Å². The fourth-order valence-corrected chi connectivity index (χ4v) is 2.67.